The van der Waals surface area contributed by atoms with Crippen molar-refractivity contribution in [1.82, 2.24) is 24.7 Å². The Morgan fingerprint density at radius 1 is 0.864 bits per heavy atom. The molecule has 1 amide bonds. The van der Waals surface area contributed by atoms with Gasteiger partial charge in [0.15, 0.2) is 11.0 Å². The van der Waals surface area contributed by atoms with Crippen LogP contribution >= 0.6 is 11.8 Å². The number of benzene rings is 3. The van der Waals surface area contributed by atoms with Crippen LogP contribution in [0.3, 0.4) is 0 Å². The van der Waals surface area contributed by atoms with Crippen molar-refractivity contribution in [3.8, 4) is 11.4 Å². The first-order valence-corrected chi connectivity index (χ1v) is 16.1. The largest absolute Gasteiger partial charge is 0.486 e. The summed E-state index contributed by atoms with van der Waals surface area (Å²) in [6, 6.07) is 23.1. The maximum atomic E-state index is 12.9. The first-order valence-electron chi connectivity index (χ1n) is 13.6. The molecule has 3 aromatic carbocycles. The maximum absolute atomic E-state index is 12.9. The molecule has 0 saturated heterocycles. The summed E-state index contributed by atoms with van der Waals surface area (Å²) in [5, 5.41) is 12.0. The normalized spacial score (nSPS) is 11.3. The van der Waals surface area contributed by atoms with E-state index >= 15 is 0 Å². The average Bonchev–Trinajstić information content (AvgIpc) is 3.38. The second kappa shape index (κ2) is 13.3. The van der Waals surface area contributed by atoms with Crippen LogP contribution in [0.4, 0.5) is 11.5 Å². The first kappa shape index (κ1) is 30.7. The van der Waals surface area contributed by atoms with E-state index in [1.165, 1.54) is 36.0 Å². The minimum Gasteiger partial charge on any atom is -0.486 e. The van der Waals surface area contributed by atoms with E-state index in [1.807, 2.05) is 66.9 Å². The number of carbonyl (C=O) groups is 1. The summed E-state index contributed by atoms with van der Waals surface area (Å²) in [6.45, 7) is 7.66. The SMILES string of the molecule is Cc1ccc(OCc2nnc(SCC(=O)Nc3ccc(S(=O)(=O)Nc4cc(C)nc(C)n4)cc3)n2-c2ccc(C)cc2)cc1. The summed E-state index contributed by atoms with van der Waals surface area (Å²) in [5.41, 5.74) is 4.20. The molecule has 0 radical (unpaired) electrons. The molecule has 11 nitrogen and oxygen atoms in total. The fourth-order valence-electron chi connectivity index (χ4n) is 4.23. The van der Waals surface area contributed by atoms with E-state index in [-0.39, 0.29) is 29.0 Å². The molecule has 2 aromatic heterocycles. The number of nitrogens with one attached hydrogen (secondary N) is 2. The Labute approximate surface area is 260 Å². The number of nitrogens with zero attached hydrogens (tertiary/aromatic N) is 5. The fraction of sp³-hybridized carbons (Fsp3) is 0.194. The number of carbonyl (C=O) groups excluding carboxylic acids is 1. The quantitative estimate of drug-likeness (QED) is 0.184. The molecule has 2 N–H and O–H groups in total. The smallest absolute Gasteiger partial charge is 0.263 e. The van der Waals surface area contributed by atoms with Crippen LogP contribution in [0.5, 0.6) is 5.75 Å². The van der Waals surface area contributed by atoms with Crippen molar-refractivity contribution in [1.29, 1.82) is 0 Å². The minimum absolute atomic E-state index is 0.0328. The third kappa shape index (κ3) is 7.79. The molecular weight excluding hydrogens is 599 g/mol. The van der Waals surface area contributed by atoms with Crippen molar-refractivity contribution in [2.45, 2.75) is 44.4 Å². The summed E-state index contributed by atoms with van der Waals surface area (Å²) in [6.07, 6.45) is 0. The van der Waals surface area contributed by atoms with Crippen LogP contribution in [0.2, 0.25) is 0 Å². The van der Waals surface area contributed by atoms with E-state index in [1.54, 1.807) is 19.9 Å². The number of hydrogen-bond donors (Lipinski definition) is 2. The van der Waals surface area contributed by atoms with E-state index in [4.69, 9.17) is 4.74 Å². The van der Waals surface area contributed by atoms with Crippen LogP contribution in [0.1, 0.15) is 28.5 Å². The van der Waals surface area contributed by atoms with Gasteiger partial charge in [0.1, 0.15) is 24.0 Å². The lowest BCUT2D eigenvalue weighted by molar-refractivity contribution is -0.113. The van der Waals surface area contributed by atoms with Crippen LogP contribution in [0.25, 0.3) is 5.69 Å². The molecule has 0 aliphatic carbocycles. The lowest BCUT2D eigenvalue weighted by Crippen LogP contribution is -2.16. The molecule has 0 atom stereocenters. The number of amides is 1. The second-order valence-corrected chi connectivity index (χ2v) is 12.7. The minimum atomic E-state index is -3.88. The van der Waals surface area contributed by atoms with E-state index in [2.05, 4.69) is 30.2 Å². The molecule has 226 valence electrons. The van der Waals surface area contributed by atoms with Gasteiger partial charge in [0.25, 0.3) is 10.0 Å². The summed E-state index contributed by atoms with van der Waals surface area (Å²) < 4.78 is 36.0. The Bertz CT molecular complexity index is 1850. The van der Waals surface area contributed by atoms with Crippen LogP contribution in [-0.2, 0) is 21.4 Å². The van der Waals surface area contributed by atoms with Gasteiger partial charge in [-0.1, -0.05) is 47.2 Å². The number of sulfonamides is 1. The Morgan fingerprint density at radius 2 is 1.52 bits per heavy atom. The van der Waals surface area contributed by atoms with E-state index < -0.39 is 10.0 Å². The van der Waals surface area contributed by atoms with E-state index in [0.717, 1.165) is 22.6 Å². The molecule has 2 heterocycles. The average molecular weight is 630 g/mol. The molecule has 5 aromatic rings. The number of hydrogen-bond acceptors (Lipinski definition) is 9. The second-order valence-electron chi connectivity index (χ2n) is 10.1. The van der Waals surface area contributed by atoms with Gasteiger partial charge in [-0.2, -0.15) is 0 Å². The summed E-state index contributed by atoms with van der Waals surface area (Å²) >= 11 is 1.23. The zero-order valence-corrected chi connectivity index (χ0v) is 26.2. The molecule has 0 bridgehead atoms. The Kier molecular flexibility index (Phi) is 9.26. The third-order valence-corrected chi connectivity index (χ3v) is 8.67. The lowest BCUT2D eigenvalue weighted by atomic mass is 10.2. The van der Waals surface area contributed by atoms with Gasteiger partial charge in [-0.05, 0) is 76.2 Å². The monoisotopic (exact) mass is 629 g/mol. The highest BCUT2D eigenvalue weighted by molar-refractivity contribution is 7.99. The highest BCUT2D eigenvalue weighted by Gasteiger charge is 2.18. The van der Waals surface area contributed by atoms with Gasteiger partial charge in [-0.3, -0.25) is 14.1 Å². The Morgan fingerprint density at radius 3 is 2.18 bits per heavy atom. The number of ether oxygens (including phenoxy) is 1. The number of anilines is 2. The molecule has 0 aliphatic heterocycles. The first-order chi connectivity index (χ1) is 21.1. The number of rotatable bonds is 11. The molecule has 44 heavy (non-hydrogen) atoms. The van der Waals surface area contributed by atoms with Gasteiger partial charge in [0, 0.05) is 23.1 Å². The summed E-state index contributed by atoms with van der Waals surface area (Å²) in [4.78, 5) is 21.2. The summed E-state index contributed by atoms with van der Waals surface area (Å²) in [7, 11) is -3.88. The molecular formula is C31H31N7O4S2. The van der Waals surface area contributed by atoms with Crippen LogP contribution < -0.4 is 14.8 Å². The van der Waals surface area contributed by atoms with Crippen LogP contribution in [-0.4, -0.2) is 44.8 Å². The Balaban J connectivity index is 1.24. The topological polar surface area (TPSA) is 141 Å². The molecule has 0 unspecified atom stereocenters. The van der Waals surface area contributed by atoms with Crippen molar-refractivity contribution < 1.29 is 17.9 Å². The zero-order valence-electron chi connectivity index (χ0n) is 24.6. The van der Waals surface area contributed by atoms with Gasteiger partial charge in [0.2, 0.25) is 5.91 Å². The highest BCUT2D eigenvalue weighted by Crippen LogP contribution is 2.24. The van der Waals surface area contributed by atoms with Crippen molar-refractivity contribution >= 4 is 39.2 Å². The van der Waals surface area contributed by atoms with Crippen molar-refractivity contribution in [2.24, 2.45) is 0 Å². The number of aryl methyl sites for hydroxylation is 4. The third-order valence-electron chi connectivity index (χ3n) is 6.37. The van der Waals surface area contributed by atoms with Gasteiger partial charge in [0.05, 0.1) is 10.6 Å². The number of aromatic nitrogens is 5. The molecule has 0 saturated carbocycles. The van der Waals surface area contributed by atoms with Crippen molar-refractivity contribution in [2.75, 3.05) is 15.8 Å². The lowest BCUT2D eigenvalue weighted by Gasteiger charge is -2.12. The van der Waals surface area contributed by atoms with Gasteiger partial charge in [-0.25, -0.2) is 18.4 Å². The molecule has 13 heteroatoms. The van der Waals surface area contributed by atoms with E-state index in [0.29, 0.717) is 28.2 Å². The zero-order chi connectivity index (χ0) is 31.3. The number of thioether (sulfide) groups is 1. The molecule has 0 aliphatic rings. The van der Waals surface area contributed by atoms with Crippen molar-refractivity contribution in [3.05, 3.63) is 107 Å². The highest BCUT2D eigenvalue weighted by atomic mass is 32.2. The van der Waals surface area contributed by atoms with Gasteiger partial charge < -0.3 is 10.1 Å². The predicted octanol–water partition coefficient (Wildman–Crippen LogP) is 5.40. The molecule has 5 rings (SSSR count). The standard InChI is InChI=1S/C31H31N7O4S2/c1-20-5-11-25(12-6-20)38-29(18-42-26-13-7-21(2)8-14-26)35-36-31(38)43-19-30(39)34-24-9-15-27(16-10-24)44(40,41)37-28-17-22(3)32-23(4)33-28/h5-17H,18-19H2,1-4H3,(H,34,39)(H,32,33,37). The Hall–Kier alpha value is -4.75. The van der Waals surface area contributed by atoms with Gasteiger partial charge in [-0.15, -0.1) is 10.2 Å². The predicted molar refractivity (Wildman–Crippen MR) is 170 cm³/mol. The van der Waals surface area contributed by atoms with Crippen LogP contribution in [0.15, 0.2) is 88.9 Å². The van der Waals surface area contributed by atoms with Crippen molar-refractivity contribution in [3.63, 3.8) is 0 Å². The van der Waals surface area contributed by atoms with Crippen LogP contribution in [0, 0.1) is 27.7 Å². The van der Waals surface area contributed by atoms with E-state index in [9.17, 15) is 13.2 Å². The summed E-state index contributed by atoms with van der Waals surface area (Å²) in [5.74, 6) is 1.73. The van der Waals surface area contributed by atoms with Gasteiger partial charge >= 0.3 is 0 Å². The fourth-order valence-corrected chi connectivity index (χ4v) is 6.00. The maximum Gasteiger partial charge on any atom is 0.263 e. The molecule has 0 spiro atoms. The molecule has 0 fully saturated rings.